The molecule has 368 valence electrons. The lowest BCUT2D eigenvalue weighted by molar-refractivity contribution is -0.359. The summed E-state index contributed by atoms with van der Waals surface area (Å²) in [6.07, 6.45) is 32.9. The molecular formula is C51H81NO13. The van der Waals surface area contributed by atoms with E-state index in [1.165, 1.54) is 0 Å². The second-order valence-electron chi connectivity index (χ2n) is 16.1. The highest BCUT2D eigenvalue weighted by atomic mass is 16.7. The zero-order valence-corrected chi connectivity index (χ0v) is 38.7. The van der Waals surface area contributed by atoms with Crippen molar-refractivity contribution in [1.82, 2.24) is 5.32 Å². The Labute approximate surface area is 387 Å². The molecule has 0 saturated carbocycles. The minimum Gasteiger partial charge on any atom is -0.394 e. The maximum Gasteiger partial charge on any atom is 0.220 e. The molecule has 0 aromatic heterocycles. The van der Waals surface area contributed by atoms with Crippen LogP contribution in [0.15, 0.2) is 109 Å². The largest absolute Gasteiger partial charge is 0.394 e. The van der Waals surface area contributed by atoms with E-state index in [0.717, 1.165) is 77.0 Å². The summed E-state index contributed by atoms with van der Waals surface area (Å²) in [4.78, 5) is 13.1. The molecule has 1 amide bonds. The van der Waals surface area contributed by atoms with E-state index in [0.29, 0.717) is 12.8 Å². The topological polar surface area (TPSA) is 228 Å². The Morgan fingerprint density at radius 3 is 1.57 bits per heavy atom. The van der Waals surface area contributed by atoms with Gasteiger partial charge in [-0.1, -0.05) is 123 Å². The van der Waals surface area contributed by atoms with Crippen LogP contribution in [-0.2, 0) is 23.7 Å². The predicted molar refractivity (Wildman–Crippen MR) is 253 cm³/mol. The number of aliphatic hydroxyl groups excluding tert-OH is 8. The Bertz CT molecular complexity index is 1500. The summed E-state index contributed by atoms with van der Waals surface area (Å²) in [5.74, 6) is -0.305. The van der Waals surface area contributed by atoms with Crippen LogP contribution in [0.1, 0.15) is 110 Å². The first kappa shape index (κ1) is 57.8. The zero-order valence-electron chi connectivity index (χ0n) is 38.7. The second kappa shape index (κ2) is 36.7. The minimum atomic E-state index is -1.80. The summed E-state index contributed by atoms with van der Waals surface area (Å²) >= 11 is 0. The van der Waals surface area contributed by atoms with Crippen LogP contribution < -0.4 is 5.32 Å². The van der Waals surface area contributed by atoms with Crippen molar-refractivity contribution in [1.29, 1.82) is 0 Å². The van der Waals surface area contributed by atoms with Gasteiger partial charge in [-0.2, -0.15) is 0 Å². The molecule has 14 heteroatoms. The van der Waals surface area contributed by atoms with Gasteiger partial charge < -0.3 is 65.1 Å². The molecule has 2 fully saturated rings. The SMILES string of the molecule is CC/C=C\C/C=C\C/C=C\C/C=C\C/C=C\C/C=C\CCCCC(=O)NC(COC1OC(CO)C(OC2OC(CO)C(O)C(O)C2O)C(O)C1O)C(O)/C=C/CC/C=C/CC/C=C/CC. The van der Waals surface area contributed by atoms with E-state index in [2.05, 4.69) is 116 Å². The fourth-order valence-electron chi connectivity index (χ4n) is 6.86. The number of carbonyl (C=O) groups excluding carboxylic acids is 1. The van der Waals surface area contributed by atoms with Crippen molar-refractivity contribution in [2.75, 3.05) is 19.8 Å². The highest BCUT2D eigenvalue weighted by molar-refractivity contribution is 5.76. The number of unbranched alkanes of at least 4 members (excludes halogenated alkanes) is 4. The Morgan fingerprint density at radius 1 is 0.554 bits per heavy atom. The van der Waals surface area contributed by atoms with Crippen LogP contribution in [0.25, 0.3) is 0 Å². The highest BCUT2D eigenvalue weighted by Crippen LogP contribution is 2.29. The Morgan fingerprint density at radius 2 is 1.02 bits per heavy atom. The highest BCUT2D eigenvalue weighted by Gasteiger charge is 2.50. The molecule has 12 atom stereocenters. The molecule has 2 aliphatic heterocycles. The Balaban J connectivity index is 1.88. The van der Waals surface area contributed by atoms with Gasteiger partial charge in [0.05, 0.1) is 32.0 Å². The molecule has 9 N–H and O–H groups in total. The molecule has 0 radical (unpaired) electrons. The number of aliphatic hydroxyl groups is 8. The summed E-state index contributed by atoms with van der Waals surface area (Å²) in [5.41, 5.74) is 0. The van der Waals surface area contributed by atoms with Gasteiger partial charge in [0, 0.05) is 6.42 Å². The molecule has 0 aliphatic carbocycles. The summed E-state index contributed by atoms with van der Waals surface area (Å²) in [5, 5.41) is 86.4. The molecule has 2 aliphatic rings. The van der Waals surface area contributed by atoms with Gasteiger partial charge in [0.15, 0.2) is 12.6 Å². The van der Waals surface area contributed by atoms with E-state index in [1.807, 2.05) is 6.08 Å². The lowest BCUT2D eigenvalue weighted by Crippen LogP contribution is -2.65. The van der Waals surface area contributed by atoms with Crippen LogP contribution in [0.4, 0.5) is 0 Å². The van der Waals surface area contributed by atoms with Crippen molar-refractivity contribution in [2.24, 2.45) is 0 Å². The molecule has 12 unspecified atom stereocenters. The van der Waals surface area contributed by atoms with E-state index in [-0.39, 0.29) is 18.9 Å². The summed E-state index contributed by atoms with van der Waals surface area (Å²) in [7, 11) is 0. The first-order chi connectivity index (χ1) is 31.6. The van der Waals surface area contributed by atoms with Gasteiger partial charge in [0.25, 0.3) is 0 Å². The number of nitrogens with one attached hydrogen (secondary N) is 1. The molecule has 65 heavy (non-hydrogen) atoms. The number of allylic oxidation sites excluding steroid dienone is 17. The van der Waals surface area contributed by atoms with Gasteiger partial charge in [0.2, 0.25) is 5.91 Å². The molecule has 2 heterocycles. The number of carbonyl (C=O) groups is 1. The van der Waals surface area contributed by atoms with Gasteiger partial charge in [-0.15, -0.1) is 0 Å². The first-order valence-corrected chi connectivity index (χ1v) is 23.6. The molecule has 0 aromatic rings. The molecule has 0 bridgehead atoms. The van der Waals surface area contributed by atoms with Gasteiger partial charge in [-0.3, -0.25) is 4.79 Å². The Kier molecular flexibility index (Phi) is 32.6. The van der Waals surface area contributed by atoms with E-state index in [9.17, 15) is 45.6 Å². The number of ether oxygens (including phenoxy) is 4. The molecule has 14 nitrogen and oxygen atoms in total. The number of rotatable bonds is 33. The summed E-state index contributed by atoms with van der Waals surface area (Å²) < 4.78 is 22.6. The van der Waals surface area contributed by atoms with Crippen molar-refractivity contribution in [3.63, 3.8) is 0 Å². The smallest absolute Gasteiger partial charge is 0.220 e. The lowest BCUT2D eigenvalue weighted by atomic mass is 9.97. The van der Waals surface area contributed by atoms with Crippen LogP contribution >= 0.6 is 0 Å². The number of hydrogen-bond donors (Lipinski definition) is 9. The average Bonchev–Trinajstić information content (AvgIpc) is 3.30. The molecular weight excluding hydrogens is 835 g/mol. The zero-order chi connectivity index (χ0) is 47.5. The van der Waals surface area contributed by atoms with Gasteiger partial charge in [-0.25, -0.2) is 0 Å². The predicted octanol–water partition coefficient (Wildman–Crippen LogP) is 5.37. The van der Waals surface area contributed by atoms with Crippen molar-refractivity contribution >= 4 is 5.91 Å². The summed E-state index contributed by atoms with van der Waals surface area (Å²) in [6.45, 7) is 2.44. The van der Waals surface area contributed by atoms with Crippen molar-refractivity contribution in [3.05, 3.63) is 109 Å². The molecule has 0 aromatic carbocycles. The van der Waals surface area contributed by atoms with E-state index in [1.54, 1.807) is 6.08 Å². The van der Waals surface area contributed by atoms with E-state index in [4.69, 9.17) is 18.9 Å². The molecule has 2 rings (SSSR count). The van der Waals surface area contributed by atoms with Crippen LogP contribution in [0.5, 0.6) is 0 Å². The van der Waals surface area contributed by atoms with Crippen LogP contribution in [-0.4, -0.2) is 140 Å². The standard InChI is InChI=1S/C51H81NO13/c1-3-5-7-9-11-13-15-16-17-18-19-20-21-22-23-24-25-27-29-31-33-35-43(56)52-39(40(55)34-32-30-28-26-14-12-10-8-6-4-2)38-62-50-48(61)46(59)49(42(37-54)64-50)65-51-47(60)45(58)44(57)41(36-53)63-51/h5-8,11,13-14,16-17,19-20,22-23,25-27,32,34,39-42,44-51,53-55,57-61H,3-4,9-10,12,15,18,21,24,28-31,33,35-38H2,1-2H3,(H,52,56)/b7-5-,8-6+,13-11-,17-16-,20-19-,23-22-,26-14+,27-25-,34-32+. The van der Waals surface area contributed by atoms with Gasteiger partial charge >= 0.3 is 0 Å². The lowest BCUT2D eigenvalue weighted by Gasteiger charge is -2.46. The summed E-state index contributed by atoms with van der Waals surface area (Å²) in [6, 6.07) is -0.966. The molecule has 0 spiro atoms. The maximum atomic E-state index is 13.1. The fraction of sp³-hybridized carbons (Fsp3) is 0.627. The van der Waals surface area contributed by atoms with Gasteiger partial charge in [0.1, 0.15) is 48.8 Å². The maximum absolute atomic E-state index is 13.1. The van der Waals surface area contributed by atoms with Crippen molar-refractivity contribution in [2.45, 2.75) is 184 Å². The van der Waals surface area contributed by atoms with Crippen LogP contribution in [0, 0.1) is 0 Å². The Hall–Kier alpha value is -3.35. The third kappa shape index (κ3) is 24.3. The minimum absolute atomic E-state index is 0.207. The first-order valence-electron chi connectivity index (χ1n) is 23.6. The average molecular weight is 916 g/mol. The van der Waals surface area contributed by atoms with Crippen LogP contribution in [0.2, 0.25) is 0 Å². The normalized spacial score (nSPS) is 28.0. The molecule has 2 saturated heterocycles. The van der Waals surface area contributed by atoms with Crippen molar-refractivity contribution in [3.8, 4) is 0 Å². The van der Waals surface area contributed by atoms with Crippen molar-refractivity contribution < 1.29 is 64.6 Å². The third-order valence-electron chi connectivity index (χ3n) is 10.7. The fourth-order valence-corrected chi connectivity index (χ4v) is 6.86. The van der Waals surface area contributed by atoms with Crippen LogP contribution in [0.3, 0.4) is 0 Å². The van der Waals surface area contributed by atoms with Gasteiger partial charge in [-0.05, 0) is 89.9 Å². The van der Waals surface area contributed by atoms with E-state index >= 15 is 0 Å². The third-order valence-corrected chi connectivity index (χ3v) is 10.7. The number of hydrogen-bond acceptors (Lipinski definition) is 13. The van der Waals surface area contributed by atoms with E-state index < -0.39 is 86.8 Å². The second-order valence-corrected chi connectivity index (χ2v) is 16.1. The quantitative estimate of drug-likeness (QED) is 0.0299. The number of amides is 1. The monoisotopic (exact) mass is 916 g/mol.